The van der Waals surface area contributed by atoms with Crippen LogP contribution in [0.4, 0.5) is 0 Å². The van der Waals surface area contributed by atoms with Crippen molar-refractivity contribution in [2.45, 2.75) is 39.7 Å². The van der Waals surface area contributed by atoms with Gasteiger partial charge >= 0.3 is 0 Å². The first-order valence-corrected chi connectivity index (χ1v) is 6.13. The minimum absolute atomic E-state index is 0.214. The van der Waals surface area contributed by atoms with Crippen molar-refractivity contribution in [3.8, 4) is 0 Å². The highest BCUT2D eigenvalue weighted by atomic mass is 16.1. The van der Waals surface area contributed by atoms with Crippen molar-refractivity contribution >= 4 is 5.78 Å². The summed E-state index contributed by atoms with van der Waals surface area (Å²) in [5.41, 5.74) is 2.70. The predicted octanol–water partition coefficient (Wildman–Crippen LogP) is 3.22. The summed E-state index contributed by atoms with van der Waals surface area (Å²) in [6.45, 7) is 8.14. The molecular formula is C15H23NO. The number of benzene rings is 1. The number of likely N-dealkylation sites (N-methyl/N-ethyl adjacent to an activating group) is 1. The lowest BCUT2D eigenvalue weighted by molar-refractivity contribution is 0.0710. The van der Waals surface area contributed by atoms with Crippen LogP contribution in [-0.4, -0.2) is 30.3 Å². The summed E-state index contributed by atoms with van der Waals surface area (Å²) in [4.78, 5) is 14.7. The molecule has 1 rings (SSSR count). The lowest BCUT2D eigenvalue weighted by Gasteiger charge is -2.34. The number of nitrogens with zero attached hydrogens (tertiary/aromatic N) is 1. The van der Waals surface area contributed by atoms with E-state index in [-0.39, 0.29) is 5.78 Å². The number of carbonyl (C=O) groups is 1. The molecule has 0 aliphatic carbocycles. The van der Waals surface area contributed by atoms with Gasteiger partial charge < -0.3 is 0 Å². The molecule has 0 heterocycles. The molecule has 2 heteroatoms. The van der Waals surface area contributed by atoms with Crippen LogP contribution in [0.2, 0.25) is 0 Å². The Hall–Kier alpha value is -1.15. The normalized spacial score (nSPS) is 14.8. The molecule has 17 heavy (non-hydrogen) atoms. The molecule has 0 aliphatic heterocycles. The number of Topliss-reactive ketones (excluding diaryl/α,β-unsaturated/α-hetero) is 1. The van der Waals surface area contributed by atoms with Gasteiger partial charge in [0.1, 0.15) is 0 Å². The molecule has 2 nitrogen and oxygen atoms in total. The largest absolute Gasteiger partial charge is 0.297 e. The molecular weight excluding hydrogens is 210 g/mol. The van der Waals surface area contributed by atoms with Gasteiger partial charge in [-0.3, -0.25) is 9.69 Å². The highest BCUT2D eigenvalue weighted by Crippen LogP contribution is 2.25. The first kappa shape index (κ1) is 13.9. The van der Waals surface area contributed by atoms with E-state index in [0.717, 1.165) is 17.5 Å². The molecule has 1 atom stereocenters. The van der Waals surface area contributed by atoms with Crippen LogP contribution >= 0.6 is 0 Å². The van der Waals surface area contributed by atoms with Gasteiger partial charge in [0.25, 0.3) is 0 Å². The maximum atomic E-state index is 12.7. The molecule has 1 aromatic rings. The summed E-state index contributed by atoms with van der Waals surface area (Å²) in [6, 6.07) is 5.94. The maximum Gasteiger partial charge on any atom is 0.183 e. The molecule has 0 spiro atoms. The SMILES string of the molecule is CCC(C)(C(=O)c1cccc(C)c1C)N(C)C. The number of carbonyl (C=O) groups excluding carboxylic acids is 1. The fraction of sp³-hybridized carbons (Fsp3) is 0.533. The van der Waals surface area contributed by atoms with Crippen molar-refractivity contribution in [2.24, 2.45) is 0 Å². The molecule has 0 N–H and O–H groups in total. The van der Waals surface area contributed by atoms with Crippen molar-refractivity contribution in [2.75, 3.05) is 14.1 Å². The molecule has 0 aromatic heterocycles. The van der Waals surface area contributed by atoms with Gasteiger partial charge in [0, 0.05) is 5.56 Å². The lowest BCUT2D eigenvalue weighted by atomic mass is 9.85. The Bertz CT molecular complexity index is 423. The Morgan fingerprint density at radius 2 is 1.88 bits per heavy atom. The number of hydrogen-bond donors (Lipinski definition) is 0. The summed E-state index contributed by atoms with van der Waals surface area (Å²) in [5, 5.41) is 0. The van der Waals surface area contributed by atoms with Crippen LogP contribution < -0.4 is 0 Å². The van der Waals surface area contributed by atoms with Gasteiger partial charge in [-0.15, -0.1) is 0 Å². The second kappa shape index (κ2) is 5.01. The van der Waals surface area contributed by atoms with Gasteiger partial charge in [-0.25, -0.2) is 0 Å². The van der Waals surface area contributed by atoms with Crippen LogP contribution in [0.25, 0.3) is 0 Å². The third kappa shape index (κ3) is 2.42. The highest BCUT2D eigenvalue weighted by Gasteiger charge is 2.34. The second-order valence-electron chi connectivity index (χ2n) is 5.10. The van der Waals surface area contributed by atoms with Crippen LogP contribution in [0.1, 0.15) is 41.8 Å². The van der Waals surface area contributed by atoms with E-state index >= 15 is 0 Å². The third-order valence-corrected chi connectivity index (χ3v) is 4.01. The fourth-order valence-electron chi connectivity index (χ4n) is 1.97. The van der Waals surface area contributed by atoms with Crippen LogP contribution in [0.3, 0.4) is 0 Å². The van der Waals surface area contributed by atoms with E-state index in [4.69, 9.17) is 0 Å². The third-order valence-electron chi connectivity index (χ3n) is 4.01. The minimum atomic E-state index is -0.418. The molecule has 94 valence electrons. The topological polar surface area (TPSA) is 20.3 Å². The summed E-state index contributed by atoms with van der Waals surface area (Å²) < 4.78 is 0. The second-order valence-corrected chi connectivity index (χ2v) is 5.10. The fourth-order valence-corrected chi connectivity index (χ4v) is 1.97. The summed E-state index contributed by atoms with van der Waals surface area (Å²) in [7, 11) is 3.93. The molecule has 0 fully saturated rings. The maximum absolute atomic E-state index is 12.7. The molecule has 0 radical (unpaired) electrons. The monoisotopic (exact) mass is 233 g/mol. The minimum Gasteiger partial charge on any atom is -0.297 e. The molecule has 0 aliphatic rings. The van der Waals surface area contributed by atoms with Gasteiger partial charge in [0.05, 0.1) is 5.54 Å². The average Bonchev–Trinajstić information content (AvgIpc) is 2.30. The van der Waals surface area contributed by atoms with Crippen molar-refractivity contribution in [3.05, 3.63) is 34.9 Å². The van der Waals surface area contributed by atoms with E-state index in [1.165, 1.54) is 5.56 Å². The van der Waals surface area contributed by atoms with Gasteiger partial charge in [-0.2, -0.15) is 0 Å². The van der Waals surface area contributed by atoms with Crippen LogP contribution in [0, 0.1) is 13.8 Å². The van der Waals surface area contributed by atoms with E-state index in [9.17, 15) is 4.79 Å². The zero-order chi connectivity index (χ0) is 13.2. The van der Waals surface area contributed by atoms with Crippen molar-refractivity contribution < 1.29 is 4.79 Å². The lowest BCUT2D eigenvalue weighted by Crippen LogP contribution is -2.48. The van der Waals surface area contributed by atoms with Crippen molar-refractivity contribution in [1.82, 2.24) is 4.90 Å². The Kier molecular flexibility index (Phi) is 4.10. The first-order valence-electron chi connectivity index (χ1n) is 6.13. The van der Waals surface area contributed by atoms with Gasteiger partial charge in [-0.05, 0) is 52.4 Å². The zero-order valence-electron chi connectivity index (χ0n) is 11.8. The molecule has 0 saturated carbocycles. The Morgan fingerprint density at radius 1 is 1.29 bits per heavy atom. The van der Waals surface area contributed by atoms with Crippen LogP contribution in [-0.2, 0) is 0 Å². The predicted molar refractivity (Wildman–Crippen MR) is 72.6 cm³/mol. The number of hydrogen-bond acceptors (Lipinski definition) is 2. The summed E-state index contributed by atoms with van der Waals surface area (Å²) in [6.07, 6.45) is 0.812. The molecule has 0 saturated heterocycles. The number of rotatable bonds is 4. The Labute approximate surface area is 105 Å². The number of aryl methyl sites for hydroxylation is 1. The average molecular weight is 233 g/mol. The Morgan fingerprint density at radius 3 is 2.35 bits per heavy atom. The molecule has 1 unspecified atom stereocenters. The Balaban J connectivity index is 3.25. The van der Waals surface area contributed by atoms with Gasteiger partial charge in [-0.1, -0.05) is 25.1 Å². The van der Waals surface area contributed by atoms with Crippen LogP contribution in [0.5, 0.6) is 0 Å². The van der Waals surface area contributed by atoms with Crippen LogP contribution in [0.15, 0.2) is 18.2 Å². The number of ketones is 1. The standard InChI is InChI=1S/C15H23NO/c1-7-15(4,16(5)6)14(17)13-10-8-9-11(2)12(13)3/h8-10H,7H2,1-6H3. The summed E-state index contributed by atoms with van der Waals surface area (Å²) in [5.74, 6) is 0.214. The zero-order valence-corrected chi connectivity index (χ0v) is 11.8. The van der Waals surface area contributed by atoms with E-state index < -0.39 is 5.54 Å². The quantitative estimate of drug-likeness (QED) is 0.744. The van der Waals surface area contributed by atoms with E-state index in [1.54, 1.807) is 0 Å². The van der Waals surface area contributed by atoms with Gasteiger partial charge in [0.15, 0.2) is 5.78 Å². The molecule has 0 bridgehead atoms. The van der Waals surface area contributed by atoms with Gasteiger partial charge in [0.2, 0.25) is 0 Å². The smallest absolute Gasteiger partial charge is 0.183 e. The highest BCUT2D eigenvalue weighted by molar-refractivity contribution is 6.04. The van der Waals surface area contributed by atoms with Crippen molar-refractivity contribution in [1.29, 1.82) is 0 Å². The van der Waals surface area contributed by atoms with E-state index in [1.807, 2.05) is 58.0 Å². The van der Waals surface area contributed by atoms with Crippen molar-refractivity contribution in [3.63, 3.8) is 0 Å². The molecule has 1 aromatic carbocycles. The van der Waals surface area contributed by atoms with E-state index in [2.05, 4.69) is 6.92 Å². The molecule has 0 amide bonds. The van der Waals surface area contributed by atoms with E-state index in [0.29, 0.717) is 0 Å². The first-order chi connectivity index (χ1) is 7.84. The summed E-state index contributed by atoms with van der Waals surface area (Å²) >= 11 is 0.